The van der Waals surface area contributed by atoms with Crippen LogP contribution in [0.3, 0.4) is 0 Å². The van der Waals surface area contributed by atoms with Crippen LogP contribution < -0.4 is 10.2 Å². The summed E-state index contributed by atoms with van der Waals surface area (Å²) in [4.78, 5) is 25.4. The minimum atomic E-state index is -0.219. The number of aryl methyl sites for hydroxylation is 1. The molecule has 2 aromatic rings. The number of amides is 2. The molecule has 4 nitrogen and oxygen atoms in total. The molecule has 2 aromatic carbocycles. The zero-order valence-corrected chi connectivity index (χ0v) is 12.9. The normalized spacial score (nSPS) is 10.1. The number of benzene rings is 2. The number of carbonyl (C=O) groups excluding carboxylic acids is 2. The van der Waals surface area contributed by atoms with Gasteiger partial charge in [-0.3, -0.25) is 9.59 Å². The van der Waals surface area contributed by atoms with E-state index in [0.29, 0.717) is 5.69 Å². The molecule has 2 rings (SSSR count). The number of para-hydroxylation sites is 1. The Hall–Kier alpha value is -2.62. The van der Waals surface area contributed by atoms with Crippen molar-refractivity contribution in [2.45, 2.75) is 20.3 Å². The lowest BCUT2D eigenvalue weighted by molar-refractivity contribution is -0.120. The van der Waals surface area contributed by atoms with Crippen LogP contribution in [0.4, 0.5) is 11.4 Å². The van der Waals surface area contributed by atoms with Crippen LogP contribution in [0.5, 0.6) is 0 Å². The van der Waals surface area contributed by atoms with Crippen LogP contribution in [0.2, 0.25) is 0 Å². The molecule has 4 heteroatoms. The number of rotatable bonds is 5. The van der Waals surface area contributed by atoms with Gasteiger partial charge >= 0.3 is 0 Å². The molecule has 22 heavy (non-hydrogen) atoms. The summed E-state index contributed by atoms with van der Waals surface area (Å²) in [5, 5.41) is 2.82. The quantitative estimate of drug-likeness (QED) is 0.921. The van der Waals surface area contributed by atoms with E-state index in [-0.39, 0.29) is 18.4 Å². The van der Waals surface area contributed by atoms with Gasteiger partial charge in [-0.1, -0.05) is 37.3 Å². The first-order valence-electron chi connectivity index (χ1n) is 7.32. The molecule has 2 amide bonds. The highest BCUT2D eigenvalue weighted by molar-refractivity contribution is 6.01. The Morgan fingerprint density at radius 3 is 2.18 bits per heavy atom. The average molecular weight is 296 g/mol. The van der Waals surface area contributed by atoms with Crippen molar-refractivity contribution in [2.24, 2.45) is 0 Å². The standard InChI is InChI=1S/C18H20N2O2/c1-3-15-9-11-16(12-10-15)19-18(22)13-20(14(2)21)17-7-5-4-6-8-17/h4-12H,3,13H2,1-2H3,(H,19,22). The van der Waals surface area contributed by atoms with E-state index in [4.69, 9.17) is 0 Å². The first-order chi connectivity index (χ1) is 10.6. The van der Waals surface area contributed by atoms with Gasteiger partial charge in [-0.15, -0.1) is 0 Å². The van der Waals surface area contributed by atoms with Crippen molar-refractivity contribution in [3.8, 4) is 0 Å². The zero-order valence-electron chi connectivity index (χ0n) is 12.9. The SMILES string of the molecule is CCc1ccc(NC(=O)CN(C(C)=O)c2ccccc2)cc1. The first kappa shape index (κ1) is 15.8. The Balaban J connectivity index is 2.03. The van der Waals surface area contributed by atoms with Crippen molar-refractivity contribution in [3.63, 3.8) is 0 Å². The van der Waals surface area contributed by atoms with Crippen LogP contribution in [0.1, 0.15) is 19.4 Å². The van der Waals surface area contributed by atoms with Gasteiger partial charge in [0.1, 0.15) is 6.54 Å². The molecule has 0 unspecified atom stereocenters. The van der Waals surface area contributed by atoms with Gasteiger partial charge in [0, 0.05) is 18.3 Å². The topological polar surface area (TPSA) is 49.4 Å². The second-order valence-corrected chi connectivity index (χ2v) is 5.04. The van der Waals surface area contributed by atoms with Gasteiger partial charge in [0.05, 0.1) is 0 Å². The summed E-state index contributed by atoms with van der Waals surface area (Å²) in [7, 11) is 0. The summed E-state index contributed by atoms with van der Waals surface area (Å²) in [6.45, 7) is 3.53. The predicted molar refractivity (Wildman–Crippen MR) is 88.9 cm³/mol. The molecule has 0 spiro atoms. The van der Waals surface area contributed by atoms with Crippen LogP contribution in [0, 0.1) is 0 Å². The molecule has 0 saturated heterocycles. The Morgan fingerprint density at radius 1 is 1.00 bits per heavy atom. The summed E-state index contributed by atoms with van der Waals surface area (Å²) in [5.41, 5.74) is 2.66. The smallest absolute Gasteiger partial charge is 0.244 e. The maximum Gasteiger partial charge on any atom is 0.244 e. The lowest BCUT2D eigenvalue weighted by Crippen LogP contribution is -2.36. The van der Waals surface area contributed by atoms with Crippen molar-refractivity contribution >= 4 is 23.2 Å². The van der Waals surface area contributed by atoms with Crippen molar-refractivity contribution in [3.05, 3.63) is 60.2 Å². The van der Waals surface area contributed by atoms with Crippen LogP contribution in [-0.4, -0.2) is 18.4 Å². The molecule has 0 bridgehead atoms. The summed E-state index contributed by atoms with van der Waals surface area (Å²) in [6, 6.07) is 16.9. The van der Waals surface area contributed by atoms with Gasteiger partial charge < -0.3 is 10.2 Å². The molecule has 0 heterocycles. The molecule has 114 valence electrons. The third kappa shape index (κ3) is 4.19. The number of carbonyl (C=O) groups is 2. The maximum atomic E-state index is 12.2. The fourth-order valence-corrected chi connectivity index (χ4v) is 2.16. The van der Waals surface area contributed by atoms with E-state index < -0.39 is 0 Å². The lowest BCUT2D eigenvalue weighted by Gasteiger charge is -2.20. The molecule has 0 aromatic heterocycles. The van der Waals surface area contributed by atoms with Crippen LogP contribution in [0.15, 0.2) is 54.6 Å². The highest BCUT2D eigenvalue weighted by Gasteiger charge is 2.15. The minimum absolute atomic E-state index is 0.00508. The fourth-order valence-electron chi connectivity index (χ4n) is 2.16. The highest BCUT2D eigenvalue weighted by atomic mass is 16.2. The van der Waals surface area contributed by atoms with Gasteiger partial charge in [-0.05, 0) is 36.2 Å². The second-order valence-electron chi connectivity index (χ2n) is 5.04. The molecule has 0 radical (unpaired) electrons. The third-order valence-corrected chi connectivity index (χ3v) is 3.40. The van der Waals surface area contributed by atoms with Gasteiger partial charge in [0.25, 0.3) is 0 Å². The molecular formula is C18H20N2O2. The van der Waals surface area contributed by atoms with E-state index in [1.807, 2.05) is 54.6 Å². The van der Waals surface area contributed by atoms with Crippen molar-refractivity contribution in [2.75, 3.05) is 16.8 Å². The molecule has 0 aliphatic heterocycles. The maximum absolute atomic E-state index is 12.2. The second kappa shape index (κ2) is 7.41. The summed E-state index contributed by atoms with van der Waals surface area (Å²) in [5.74, 6) is -0.383. The molecule has 0 aliphatic carbocycles. The zero-order chi connectivity index (χ0) is 15.9. The Bertz CT molecular complexity index is 636. The van der Waals surface area contributed by atoms with E-state index in [0.717, 1.165) is 12.1 Å². The average Bonchev–Trinajstić information content (AvgIpc) is 2.54. The number of hydrogen-bond acceptors (Lipinski definition) is 2. The van der Waals surface area contributed by atoms with E-state index in [1.165, 1.54) is 17.4 Å². The highest BCUT2D eigenvalue weighted by Crippen LogP contribution is 2.14. The van der Waals surface area contributed by atoms with Crippen LogP contribution in [-0.2, 0) is 16.0 Å². The Morgan fingerprint density at radius 2 is 1.64 bits per heavy atom. The Kier molecular flexibility index (Phi) is 5.31. The molecule has 0 fully saturated rings. The molecule has 0 saturated carbocycles. The third-order valence-electron chi connectivity index (χ3n) is 3.40. The van der Waals surface area contributed by atoms with E-state index in [9.17, 15) is 9.59 Å². The molecular weight excluding hydrogens is 276 g/mol. The van der Waals surface area contributed by atoms with Crippen molar-refractivity contribution in [1.82, 2.24) is 0 Å². The van der Waals surface area contributed by atoms with Gasteiger partial charge in [0.2, 0.25) is 11.8 Å². The van der Waals surface area contributed by atoms with E-state index >= 15 is 0 Å². The lowest BCUT2D eigenvalue weighted by atomic mass is 10.1. The predicted octanol–water partition coefficient (Wildman–Crippen LogP) is 3.24. The summed E-state index contributed by atoms with van der Waals surface area (Å²) in [6.07, 6.45) is 0.959. The van der Waals surface area contributed by atoms with Crippen LogP contribution >= 0.6 is 0 Å². The first-order valence-corrected chi connectivity index (χ1v) is 7.32. The number of nitrogens with zero attached hydrogens (tertiary/aromatic N) is 1. The largest absolute Gasteiger partial charge is 0.325 e. The monoisotopic (exact) mass is 296 g/mol. The van der Waals surface area contributed by atoms with Crippen LogP contribution in [0.25, 0.3) is 0 Å². The van der Waals surface area contributed by atoms with Crippen molar-refractivity contribution < 1.29 is 9.59 Å². The molecule has 1 N–H and O–H groups in total. The van der Waals surface area contributed by atoms with Crippen molar-refractivity contribution in [1.29, 1.82) is 0 Å². The number of nitrogens with one attached hydrogen (secondary N) is 1. The van der Waals surface area contributed by atoms with E-state index in [1.54, 1.807) is 0 Å². The number of anilines is 2. The minimum Gasteiger partial charge on any atom is -0.325 e. The van der Waals surface area contributed by atoms with E-state index in [2.05, 4.69) is 12.2 Å². The summed E-state index contributed by atoms with van der Waals surface area (Å²) >= 11 is 0. The Labute approximate surface area is 130 Å². The fraction of sp³-hybridized carbons (Fsp3) is 0.222. The number of hydrogen-bond donors (Lipinski definition) is 1. The van der Waals surface area contributed by atoms with Gasteiger partial charge in [-0.2, -0.15) is 0 Å². The summed E-state index contributed by atoms with van der Waals surface area (Å²) < 4.78 is 0. The molecule has 0 aliphatic rings. The van der Waals surface area contributed by atoms with Gasteiger partial charge in [-0.25, -0.2) is 0 Å². The van der Waals surface area contributed by atoms with Gasteiger partial charge in [0.15, 0.2) is 0 Å². The molecule has 0 atom stereocenters.